The zero-order valence-electron chi connectivity index (χ0n) is 16.8. The summed E-state index contributed by atoms with van der Waals surface area (Å²) in [4.78, 5) is 28.7. The van der Waals surface area contributed by atoms with Gasteiger partial charge in [-0.05, 0) is 54.3 Å². The Bertz CT molecular complexity index is 920. The van der Waals surface area contributed by atoms with Crippen LogP contribution in [0.1, 0.15) is 32.8 Å². The van der Waals surface area contributed by atoms with E-state index in [1.54, 1.807) is 12.1 Å². The lowest BCUT2D eigenvalue weighted by molar-refractivity contribution is -0.136. The number of carbonyl (C=O) groups is 2. The van der Waals surface area contributed by atoms with Gasteiger partial charge in [0, 0.05) is 16.5 Å². The molecule has 0 saturated heterocycles. The number of imide groups is 1. The summed E-state index contributed by atoms with van der Waals surface area (Å²) < 4.78 is 5.73. The first-order chi connectivity index (χ1) is 13.9. The standard InChI is InChI=1S/C23H24ClNO3S/c1-4-13-25-22(26)20(16-5-9-18(10-6-16)28-14-15(2)3)21(23(25)27)29-19-11-7-17(24)8-12-19/h5-12,15H,4,13-14H2,1-3H3. The van der Waals surface area contributed by atoms with Crippen LogP contribution in [0.5, 0.6) is 5.75 Å². The van der Waals surface area contributed by atoms with Crippen LogP contribution in [0, 0.1) is 5.92 Å². The summed E-state index contributed by atoms with van der Waals surface area (Å²) in [5, 5.41) is 0.627. The molecule has 1 aliphatic rings. The second-order valence-electron chi connectivity index (χ2n) is 7.25. The minimum absolute atomic E-state index is 0.244. The average molecular weight is 430 g/mol. The van der Waals surface area contributed by atoms with Crippen molar-refractivity contribution in [3.8, 4) is 5.75 Å². The quantitative estimate of drug-likeness (QED) is 0.508. The average Bonchev–Trinajstić information content (AvgIpc) is 2.93. The van der Waals surface area contributed by atoms with Crippen molar-refractivity contribution in [2.75, 3.05) is 13.2 Å². The van der Waals surface area contributed by atoms with Crippen LogP contribution in [-0.4, -0.2) is 29.9 Å². The number of thioether (sulfide) groups is 1. The maximum atomic E-state index is 13.0. The van der Waals surface area contributed by atoms with E-state index in [9.17, 15) is 9.59 Å². The van der Waals surface area contributed by atoms with Gasteiger partial charge < -0.3 is 4.74 Å². The molecule has 3 rings (SSSR count). The molecule has 0 atom stereocenters. The highest BCUT2D eigenvalue weighted by atomic mass is 35.5. The van der Waals surface area contributed by atoms with E-state index in [4.69, 9.17) is 16.3 Å². The molecule has 2 aromatic rings. The Morgan fingerprint density at radius 1 is 1.00 bits per heavy atom. The highest BCUT2D eigenvalue weighted by molar-refractivity contribution is 8.04. The third kappa shape index (κ3) is 5.03. The van der Waals surface area contributed by atoms with E-state index in [1.807, 2.05) is 43.3 Å². The van der Waals surface area contributed by atoms with Crippen molar-refractivity contribution >= 4 is 40.8 Å². The third-order valence-electron chi connectivity index (χ3n) is 4.33. The van der Waals surface area contributed by atoms with Gasteiger partial charge in [0.25, 0.3) is 11.8 Å². The van der Waals surface area contributed by atoms with Crippen LogP contribution in [-0.2, 0) is 9.59 Å². The fourth-order valence-electron chi connectivity index (χ4n) is 2.93. The van der Waals surface area contributed by atoms with Crippen molar-refractivity contribution in [3.05, 3.63) is 64.0 Å². The molecule has 0 spiro atoms. The monoisotopic (exact) mass is 429 g/mol. The van der Waals surface area contributed by atoms with Crippen molar-refractivity contribution in [1.29, 1.82) is 0 Å². The van der Waals surface area contributed by atoms with Crippen molar-refractivity contribution < 1.29 is 14.3 Å². The topological polar surface area (TPSA) is 46.6 Å². The van der Waals surface area contributed by atoms with Crippen molar-refractivity contribution in [2.45, 2.75) is 32.1 Å². The maximum absolute atomic E-state index is 13.0. The fourth-order valence-corrected chi connectivity index (χ4v) is 4.07. The van der Waals surface area contributed by atoms with Gasteiger partial charge in [-0.25, -0.2) is 0 Å². The molecule has 0 unspecified atom stereocenters. The Balaban J connectivity index is 1.95. The number of hydrogen-bond donors (Lipinski definition) is 0. The number of carbonyl (C=O) groups excluding carboxylic acids is 2. The van der Waals surface area contributed by atoms with E-state index in [-0.39, 0.29) is 11.8 Å². The van der Waals surface area contributed by atoms with E-state index in [2.05, 4.69) is 13.8 Å². The zero-order chi connectivity index (χ0) is 21.0. The van der Waals surface area contributed by atoms with Gasteiger partial charge in [0.1, 0.15) is 5.75 Å². The minimum Gasteiger partial charge on any atom is -0.493 e. The molecule has 0 bridgehead atoms. The molecule has 29 heavy (non-hydrogen) atoms. The van der Waals surface area contributed by atoms with Gasteiger partial charge in [0.15, 0.2) is 0 Å². The summed E-state index contributed by atoms with van der Waals surface area (Å²) >= 11 is 7.27. The van der Waals surface area contributed by atoms with Crippen LogP contribution < -0.4 is 4.74 Å². The lowest BCUT2D eigenvalue weighted by atomic mass is 10.1. The Kier molecular flexibility index (Phi) is 7.04. The van der Waals surface area contributed by atoms with Crippen LogP contribution in [0.3, 0.4) is 0 Å². The van der Waals surface area contributed by atoms with Crippen LogP contribution >= 0.6 is 23.4 Å². The first kappa shape index (κ1) is 21.5. The molecule has 0 fully saturated rings. The summed E-state index contributed by atoms with van der Waals surface area (Å²) in [6, 6.07) is 14.6. The van der Waals surface area contributed by atoms with Gasteiger partial charge in [-0.2, -0.15) is 0 Å². The molecule has 2 aromatic carbocycles. The Morgan fingerprint density at radius 3 is 2.24 bits per heavy atom. The zero-order valence-corrected chi connectivity index (χ0v) is 18.3. The molecule has 2 amide bonds. The summed E-state index contributed by atoms with van der Waals surface area (Å²) in [5.74, 6) is 0.685. The largest absolute Gasteiger partial charge is 0.493 e. The second kappa shape index (κ2) is 9.51. The predicted octanol–water partition coefficient (Wildman–Crippen LogP) is 5.66. The first-order valence-electron chi connectivity index (χ1n) is 9.67. The lowest BCUT2D eigenvalue weighted by Crippen LogP contribution is -2.32. The number of halogens is 1. The summed E-state index contributed by atoms with van der Waals surface area (Å²) in [7, 11) is 0. The molecule has 4 nitrogen and oxygen atoms in total. The van der Waals surface area contributed by atoms with Crippen LogP contribution in [0.2, 0.25) is 5.02 Å². The molecule has 0 radical (unpaired) electrons. The van der Waals surface area contributed by atoms with Gasteiger partial charge in [-0.15, -0.1) is 0 Å². The van der Waals surface area contributed by atoms with Crippen molar-refractivity contribution in [3.63, 3.8) is 0 Å². The summed E-state index contributed by atoms with van der Waals surface area (Å²) in [6.07, 6.45) is 0.714. The van der Waals surface area contributed by atoms with Crippen molar-refractivity contribution in [1.82, 2.24) is 4.90 Å². The molecule has 6 heteroatoms. The van der Waals surface area contributed by atoms with Gasteiger partial charge in [0.05, 0.1) is 17.1 Å². The summed E-state index contributed by atoms with van der Waals surface area (Å²) in [6.45, 7) is 7.16. The fraction of sp³-hybridized carbons (Fsp3) is 0.304. The number of nitrogens with zero attached hydrogens (tertiary/aromatic N) is 1. The minimum atomic E-state index is -0.246. The van der Waals surface area contributed by atoms with E-state index in [1.165, 1.54) is 16.7 Å². The molecule has 0 saturated carbocycles. The molecule has 0 aromatic heterocycles. The number of ether oxygens (including phenoxy) is 1. The first-order valence-corrected chi connectivity index (χ1v) is 10.9. The highest BCUT2D eigenvalue weighted by Crippen LogP contribution is 2.40. The Hall–Kier alpha value is -2.24. The van der Waals surface area contributed by atoms with E-state index < -0.39 is 0 Å². The van der Waals surface area contributed by atoms with Crippen molar-refractivity contribution in [2.24, 2.45) is 5.92 Å². The van der Waals surface area contributed by atoms with Gasteiger partial charge in [0.2, 0.25) is 0 Å². The van der Waals surface area contributed by atoms with Crippen LogP contribution in [0.4, 0.5) is 0 Å². The molecule has 1 heterocycles. The number of rotatable bonds is 8. The van der Waals surface area contributed by atoms with Gasteiger partial charge in [-0.3, -0.25) is 14.5 Å². The number of benzene rings is 2. The summed E-state index contributed by atoms with van der Waals surface area (Å²) in [5.41, 5.74) is 1.16. The second-order valence-corrected chi connectivity index (χ2v) is 8.77. The Morgan fingerprint density at radius 2 is 1.66 bits per heavy atom. The smallest absolute Gasteiger partial charge is 0.268 e. The van der Waals surface area contributed by atoms with E-state index in [0.29, 0.717) is 41.0 Å². The molecular formula is C23H24ClNO3S. The maximum Gasteiger partial charge on any atom is 0.268 e. The highest BCUT2D eigenvalue weighted by Gasteiger charge is 2.38. The number of hydrogen-bond acceptors (Lipinski definition) is 4. The molecule has 0 N–H and O–H groups in total. The van der Waals surface area contributed by atoms with Gasteiger partial charge >= 0.3 is 0 Å². The lowest BCUT2D eigenvalue weighted by Gasteiger charge is -2.13. The van der Waals surface area contributed by atoms with Crippen LogP contribution in [0.25, 0.3) is 5.57 Å². The Labute approximate surface area is 180 Å². The molecule has 0 aliphatic carbocycles. The van der Waals surface area contributed by atoms with Crippen LogP contribution in [0.15, 0.2) is 58.3 Å². The predicted molar refractivity (Wildman–Crippen MR) is 118 cm³/mol. The normalized spacial score (nSPS) is 14.3. The SMILES string of the molecule is CCCN1C(=O)C(Sc2ccc(Cl)cc2)=C(c2ccc(OCC(C)C)cc2)C1=O. The number of amides is 2. The van der Waals surface area contributed by atoms with Gasteiger partial charge in [-0.1, -0.05) is 56.3 Å². The molecule has 152 valence electrons. The molecular weight excluding hydrogens is 406 g/mol. The van der Waals surface area contributed by atoms with E-state index >= 15 is 0 Å². The third-order valence-corrected chi connectivity index (χ3v) is 5.68. The molecule has 1 aliphatic heterocycles. The van der Waals surface area contributed by atoms with E-state index in [0.717, 1.165) is 16.2 Å².